The predicted molar refractivity (Wildman–Crippen MR) is 87.9 cm³/mol. The van der Waals surface area contributed by atoms with Gasteiger partial charge in [-0.25, -0.2) is 9.78 Å². The average molecular weight is 305 g/mol. The lowest BCUT2D eigenvalue weighted by Gasteiger charge is -2.26. The Kier molecular flexibility index (Phi) is 5.40. The highest BCUT2D eigenvalue weighted by atomic mass is 16.6. The first-order valence-corrected chi connectivity index (χ1v) is 8.09. The largest absolute Gasteiger partial charge is 0.444 e. The third-order valence-electron chi connectivity index (χ3n) is 3.69. The van der Waals surface area contributed by atoms with Gasteiger partial charge in [-0.05, 0) is 59.2 Å². The molecular formula is C17H27N3O2. The van der Waals surface area contributed by atoms with E-state index in [0.717, 1.165) is 31.5 Å². The van der Waals surface area contributed by atoms with Gasteiger partial charge in [0.2, 0.25) is 0 Å². The van der Waals surface area contributed by atoms with Crippen LogP contribution in [0.15, 0.2) is 18.3 Å². The van der Waals surface area contributed by atoms with Crippen molar-refractivity contribution in [1.29, 1.82) is 0 Å². The number of amides is 1. The molecule has 0 saturated carbocycles. The van der Waals surface area contributed by atoms with Crippen LogP contribution in [0.1, 0.15) is 58.6 Å². The Balaban J connectivity index is 2.14. The van der Waals surface area contributed by atoms with Gasteiger partial charge >= 0.3 is 6.09 Å². The van der Waals surface area contributed by atoms with Crippen LogP contribution < -0.4 is 5.32 Å². The first kappa shape index (κ1) is 16.7. The number of aromatic nitrogens is 1. The smallest absolute Gasteiger partial charge is 0.413 e. The topological polar surface area (TPSA) is 54.5 Å². The minimum atomic E-state index is -0.513. The van der Waals surface area contributed by atoms with Crippen molar-refractivity contribution in [1.82, 2.24) is 9.88 Å². The van der Waals surface area contributed by atoms with Crippen molar-refractivity contribution in [3.8, 4) is 0 Å². The Bertz CT molecular complexity index is 511. The van der Waals surface area contributed by atoms with E-state index in [4.69, 9.17) is 4.74 Å². The number of nitrogens with one attached hydrogen (secondary N) is 1. The van der Waals surface area contributed by atoms with Crippen LogP contribution >= 0.6 is 0 Å². The van der Waals surface area contributed by atoms with Gasteiger partial charge in [0, 0.05) is 17.8 Å². The summed E-state index contributed by atoms with van der Waals surface area (Å²) in [6.07, 6.45) is 4.67. The van der Waals surface area contributed by atoms with E-state index in [0.29, 0.717) is 11.9 Å². The molecule has 1 atom stereocenters. The van der Waals surface area contributed by atoms with Gasteiger partial charge in [-0.3, -0.25) is 10.2 Å². The molecule has 1 N–H and O–H groups in total. The summed E-state index contributed by atoms with van der Waals surface area (Å²) >= 11 is 0. The van der Waals surface area contributed by atoms with Crippen LogP contribution in [0.3, 0.4) is 0 Å². The number of carbonyl (C=O) groups excluding carboxylic acids is 1. The molecule has 1 amide bonds. The maximum absolute atomic E-state index is 12.0. The zero-order valence-electron chi connectivity index (χ0n) is 14.1. The summed E-state index contributed by atoms with van der Waals surface area (Å²) < 4.78 is 5.33. The lowest BCUT2D eigenvalue weighted by Crippen LogP contribution is -2.29. The molecule has 2 rings (SSSR count). The monoisotopic (exact) mass is 305 g/mol. The lowest BCUT2D eigenvalue weighted by molar-refractivity contribution is 0.0635. The molecule has 1 aromatic rings. The van der Waals surface area contributed by atoms with Crippen molar-refractivity contribution in [3.05, 3.63) is 23.9 Å². The molecule has 1 saturated heterocycles. The van der Waals surface area contributed by atoms with E-state index in [1.807, 2.05) is 26.8 Å². The number of hydrogen-bond donors (Lipinski definition) is 1. The van der Waals surface area contributed by atoms with E-state index in [9.17, 15) is 4.79 Å². The quantitative estimate of drug-likeness (QED) is 0.914. The summed E-state index contributed by atoms with van der Waals surface area (Å²) in [5, 5.41) is 2.81. The molecule has 1 aliphatic heterocycles. The molecule has 0 aliphatic carbocycles. The van der Waals surface area contributed by atoms with Crippen LogP contribution in [0.5, 0.6) is 0 Å². The van der Waals surface area contributed by atoms with E-state index in [1.165, 1.54) is 6.42 Å². The third kappa shape index (κ3) is 4.44. The fraction of sp³-hybridized carbons (Fsp3) is 0.647. The van der Waals surface area contributed by atoms with Crippen LogP contribution in [0, 0.1) is 0 Å². The third-order valence-corrected chi connectivity index (χ3v) is 3.69. The summed E-state index contributed by atoms with van der Waals surface area (Å²) in [7, 11) is 0. The summed E-state index contributed by atoms with van der Waals surface area (Å²) in [4.78, 5) is 18.8. The van der Waals surface area contributed by atoms with E-state index in [-0.39, 0.29) is 0 Å². The fourth-order valence-electron chi connectivity index (χ4n) is 2.92. The summed E-state index contributed by atoms with van der Waals surface area (Å²) in [5.41, 5.74) is 0.569. The van der Waals surface area contributed by atoms with Gasteiger partial charge in [-0.15, -0.1) is 0 Å². The molecule has 1 aromatic heterocycles. The minimum Gasteiger partial charge on any atom is -0.444 e. The number of anilines is 1. The zero-order chi connectivity index (χ0) is 16.2. The normalized spacial score (nSPS) is 19.2. The Morgan fingerprint density at radius 2 is 2.27 bits per heavy atom. The van der Waals surface area contributed by atoms with Crippen LogP contribution in [0.2, 0.25) is 0 Å². The van der Waals surface area contributed by atoms with Crippen LogP contribution in [0.4, 0.5) is 10.6 Å². The van der Waals surface area contributed by atoms with E-state index >= 15 is 0 Å². The van der Waals surface area contributed by atoms with Crippen molar-refractivity contribution in [3.63, 3.8) is 0 Å². The van der Waals surface area contributed by atoms with Crippen LogP contribution in [-0.4, -0.2) is 34.7 Å². The maximum atomic E-state index is 12.0. The molecule has 122 valence electrons. The van der Waals surface area contributed by atoms with Crippen molar-refractivity contribution in [2.45, 2.75) is 58.6 Å². The number of hydrogen-bond acceptors (Lipinski definition) is 4. The highest BCUT2D eigenvalue weighted by Gasteiger charge is 2.28. The molecule has 1 aliphatic rings. The maximum Gasteiger partial charge on any atom is 0.413 e. The molecular weight excluding hydrogens is 278 g/mol. The van der Waals surface area contributed by atoms with Gasteiger partial charge in [0.05, 0.1) is 0 Å². The number of nitrogens with zero attached hydrogens (tertiary/aromatic N) is 2. The van der Waals surface area contributed by atoms with Crippen molar-refractivity contribution >= 4 is 11.9 Å². The summed E-state index contributed by atoms with van der Waals surface area (Å²) in [6.45, 7) is 9.94. The molecule has 5 heteroatoms. The zero-order valence-corrected chi connectivity index (χ0v) is 14.1. The Morgan fingerprint density at radius 3 is 2.95 bits per heavy atom. The molecule has 22 heavy (non-hydrogen) atoms. The van der Waals surface area contributed by atoms with Gasteiger partial charge < -0.3 is 4.74 Å². The molecule has 0 bridgehead atoms. The van der Waals surface area contributed by atoms with Crippen molar-refractivity contribution in [2.75, 3.05) is 18.4 Å². The fourth-order valence-corrected chi connectivity index (χ4v) is 2.92. The number of pyridine rings is 1. The second-order valence-electron chi connectivity index (χ2n) is 6.76. The molecule has 0 radical (unpaired) electrons. The Hall–Kier alpha value is -1.62. The predicted octanol–water partition coefficient (Wildman–Crippen LogP) is 3.98. The van der Waals surface area contributed by atoms with Gasteiger partial charge in [-0.1, -0.05) is 13.0 Å². The van der Waals surface area contributed by atoms with Gasteiger partial charge in [0.1, 0.15) is 11.4 Å². The second-order valence-corrected chi connectivity index (χ2v) is 6.76. The Morgan fingerprint density at radius 1 is 1.50 bits per heavy atom. The standard InChI is InChI=1S/C17H27N3O2/c1-5-11-20-12-7-9-14(20)13-8-6-10-18-15(13)19-16(21)22-17(2,3)4/h6,8,10,14H,5,7,9,11-12H2,1-4H3,(H,18,19,21). The first-order valence-electron chi connectivity index (χ1n) is 8.09. The highest BCUT2D eigenvalue weighted by Crippen LogP contribution is 2.35. The van der Waals surface area contributed by atoms with Crippen LogP contribution in [-0.2, 0) is 4.74 Å². The minimum absolute atomic E-state index is 0.332. The van der Waals surface area contributed by atoms with Crippen LogP contribution in [0.25, 0.3) is 0 Å². The summed E-state index contributed by atoms with van der Waals surface area (Å²) in [6, 6.07) is 4.31. The lowest BCUT2D eigenvalue weighted by atomic mass is 10.1. The molecule has 0 aromatic carbocycles. The number of carbonyl (C=O) groups is 1. The number of ether oxygens (including phenoxy) is 1. The molecule has 2 heterocycles. The SMILES string of the molecule is CCCN1CCCC1c1cccnc1NC(=O)OC(C)(C)C. The molecule has 1 unspecified atom stereocenters. The second kappa shape index (κ2) is 7.09. The molecule has 1 fully saturated rings. The summed E-state index contributed by atoms with van der Waals surface area (Å²) in [5.74, 6) is 0.616. The van der Waals surface area contributed by atoms with Crippen molar-refractivity contribution in [2.24, 2.45) is 0 Å². The highest BCUT2D eigenvalue weighted by molar-refractivity contribution is 5.84. The van der Waals surface area contributed by atoms with E-state index in [1.54, 1.807) is 6.20 Å². The van der Waals surface area contributed by atoms with E-state index in [2.05, 4.69) is 28.2 Å². The van der Waals surface area contributed by atoms with Gasteiger partial charge in [0.15, 0.2) is 0 Å². The van der Waals surface area contributed by atoms with Gasteiger partial charge in [0.25, 0.3) is 0 Å². The Labute approximate surface area is 133 Å². The first-order chi connectivity index (χ1) is 10.4. The number of rotatable bonds is 4. The number of likely N-dealkylation sites (tertiary alicyclic amines) is 1. The van der Waals surface area contributed by atoms with E-state index < -0.39 is 11.7 Å². The molecule has 0 spiro atoms. The van der Waals surface area contributed by atoms with Crippen molar-refractivity contribution < 1.29 is 9.53 Å². The average Bonchev–Trinajstić information content (AvgIpc) is 2.85. The van der Waals surface area contributed by atoms with Gasteiger partial charge in [-0.2, -0.15) is 0 Å². The molecule has 5 nitrogen and oxygen atoms in total.